The fourth-order valence-corrected chi connectivity index (χ4v) is 3.23. The maximum Gasteiger partial charge on any atom is 0.0657 e. The topological polar surface area (TPSA) is 3.24 Å². The van der Waals surface area contributed by atoms with Gasteiger partial charge >= 0.3 is 0 Å². The molecule has 1 aromatic rings. The molecule has 0 unspecified atom stereocenters. The van der Waals surface area contributed by atoms with Gasteiger partial charge in [-0.1, -0.05) is 24.0 Å². The fourth-order valence-electron chi connectivity index (χ4n) is 3.23. The van der Waals surface area contributed by atoms with Crippen molar-refractivity contribution in [3.05, 3.63) is 46.5 Å². The van der Waals surface area contributed by atoms with Gasteiger partial charge in [0, 0.05) is 19.6 Å². The van der Waals surface area contributed by atoms with Crippen LogP contribution in [-0.2, 0) is 12.8 Å². The summed E-state index contributed by atoms with van der Waals surface area (Å²) in [5.41, 5.74) is 7.14. The largest absolute Gasteiger partial charge is 0.302 e. The van der Waals surface area contributed by atoms with Crippen LogP contribution in [0.3, 0.4) is 0 Å². The first-order chi connectivity index (χ1) is 10.0. The molecular weight excluding hydrogens is 253 g/mol. The van der Waals surface area contributed by atoms with Gasteiger partial charge in [-0.25, -0.2) is 0 Å². The fraction of sp³-hybridized carbons (Fsp3) is 0.579. The van der Waals surface area contributed by atoms with Crippen LogP contribution in [0.25, 0.3) is 0 Å². The van der Waals surface area contributed by atoms with Crippen LogP contribution in [0, 0.1) is 19.8 Å². The molecule has 1 saturated heterocycles. The van der Waals surface area contributed by atoms with Crippen LogP contribution in [0.1, 0.15) is 35.6 Å². The number of hydrogen-bond acceptors (Lipinski definition) is 1. The van der Waals surface area contributed by atoms with Gasteiger partial charge in [0.1, 0.15) is 0 Å². The van der Waals surface area contributed by atoms with E-state index < -0.39 is 0 Å². The maximum atomic E-state index is 5.68. The van der Waals surface area contributed by atoms with E-state index in [4.69, 9.17) is 7.85 Å². The third kappa shape index (κ3) is 4.23. The summed E-state index contributed by atoms with van der Waals surface area (Å²) < 4.78 is 0. The van der Waals surface area contributed by atoms with Crippen molar-refractivity contribution in [2.75, 3.05) is 19.6 Å². The number of nitrogens with zero attached hydrogens (tertiary/aromatic N) is 1. The highest BCUT2D eigenvalue weighted by Gasteiger charge is 2.26. The molecule has 1 aliphatic heterocycles. The zero-order valence-electron chi connectivity index (χ0n) is 13.9. The minimum atomic E-state index is 0.736. The molecule has 1 aromatic carbocycles. The highest BCUT2D eigenvalue weighted by Crippen LogP contribution is 2.25. The quantitative estimate of drug-likeness (QED) is 0.541. The smallest absolute Gasteiger partial charge is 0.0657 e. The van der Waals surface area contributed by atoms with Crippen LogP contribution in [0.2, 0.25) is 6.32 Å². The molecule has 112 valence electrons. The van der Waals surface area contributed by atoms with Crippen LogP contribution in [-0.4, -0.2) is 32.4 Å². The second-order valence-corrected chi connectivity index (χ2v) is 6.71. The van der Waals surface area contributed by atoms with Crippen LogP contribution < -0.4 is 0 Å². The van der Waals surface area contributed by atoms with E-state index in [2.05, 4.69) is 44.4 Å². The zero-order valence-corrected chi connectivity index (χ0v) is 13.9. The van der Waals surface area contributed by atoms with Gasteiger partial charge in [0.25, 0.3) is 0 Å². The Hall–Kier alpha value is -1.02. The Morgan fingerprint density at radius 1 is 1.24 bits per heavy atom. The number of rotatable bonds is 7. The van der Waals surface area contributed by atoms with Crippen molar-refractivity contribution in [2.24, 2.45) is 5.92 Å². The predicted octanol–water partition coefficient (Wildman–Crippen LogP) is 3.87. The lowest BCUT2D eigenvalue weighted by Crippen LogP contribution is -2.47. The van der Waals surface area contributed by atoms with E-state index in [-0.39, 0.29) is 0 Å². The van der Waals surface area contributed by atoms with Crippen molar-refractivity contribution in [3.8, 4) is 0 Å². The normalized spacial score (nSPS) is 16.0. The van der Waals surface area contributed by atoms with Crippen molar-refractivity contribution < 1.29 is 0 Å². The summed E-state index contributed by atoms with van der Waals surface area (Å²) in [6.45, 7) is 14.3. The minimum absolute atomic E-state index is 0.736. The van der Waals surface area contributed by atoms with Crippen molar-refractivity contribution >= 4 is 7.85 Å². The van der Waals surface area contributed by atoms with Gasteiger partial charge < -0.3 is 4.90 Å². The molecule has 2 heteroatoms. The van der Waals surface area contributed by atoms with Crippen molar-refractivity contribution in [1.29, 1.82) is 0 Å². The van der Waals surface area contributed by atoms with E-state index in [9.17, 15) is 0 Å². The molecule has 2 radical (unpaired) electrons. The van der Waals surface area contributed by atoms with Gasteiger partial charge in [-0.05, 0) is 68.2 Å². The predicted molar refractivity (Wildman–Crippen MR) is 93.2 cm³/mol. The Morgan fingerprint density at radius 2 is 1.86 bits per heavy atom. The highest BCUT2D eigenvalue weighted by atomic mass is 15.2. The minimum Gasteiger partial charge on any atom is -0.302 e. The second kappa shape index (κ2) is 7.31. The molecule has 0 bridgehead atoms. The molecule has 0 amide bonds. The van der Waals surface area contributed by atoms with Crippen LogP contribution >= 0.6 is 0 Å². The molecule has 2 rings (SSSR count). The Balaban J connectivity index is 1.87. The molecule has 0 aromatic heterocycles. The van der Waals surface area contributed by atoms with Crippen LogP contribution in [0.15, 0.2) is 24.3 Å². The number of benzene rings is 1. The average Bonchev–Trinajstić information content (AvgIpc) is 2.39. The SMILES string of the molecule is [B]CCc1ccc(CC2CN(CCC(=C)C)C2)c(C)c1C. The Bertz CT molecular complexity index is 501. The Labute approximate surface area is 131 Å². The van der Waals surface area contributed by atoms with Gasteiger partial charge in [0.2, 0.25) is 0 Å². The summed E-state index contributed by atoms with van der Waals surface area (Å²) in [7, 11) is 5.68. The van der Waals surface area contributed by atoms with Gasteiger partial charge in [-0.2, -0.15) is 0 Å². The first-order valence-corrected chi connectivity index (χ1v) is 8.16. The van der Waals surface area contributed by atoms with E-state index in [1.165, 1.54) is 53.9 Å². The van der Waals surface area contributed by atoms with Crippen molar-refractivity contribution in [3.63, 3.8) is 0 Å². The first-order valence-electron chi connectivity index (χ1n) is 8.16. The summed E-state index contributed by atoms with van der Waals surface area (Å²) in [6, 6.07) is 4.60. The van der Waals surface area contributed by atoms with Gasteiger partial charge in [-0.15, -0.1) is 6.58 Å². The van der Waals surface area contributed by atoms with Crippen molar-refractivity contribution in [1.82, 2.24) is 4.90 Å². The van der Waals surface area contributed by atoms with Crippen LogP contribution in [0.4, 0.5) is 0 Å². The molecule has 0 saturated carbocycles. The summed E-state index contributed by atoms with van der Waals surface area (Å²) >= 11 is 0. The van der Waals surface area contributed by atoms with Gasteiger partial charge in [0.05, 0.1) is 7.85 Å². The second-order valence-electron chi connectivity index (χ2n) is 6.71. The third-order valence-corrected chi connectivity index (χ3v) is 4.82. The molecule has 1 heterocycles. The lowest BCUT2D eigenvalue weighted by Gasteiger charge is -2.40. The summed E-state index contributed by atoms with van der Waals surface area (Å²) in [4.78, 5) is 2.55. The molecule has 21 heavy (non-hydrogen) atoms. The first kappa shape index (κ1) is 16.4. The number of likely N-dealkylation sites (tertiary alicyclic amines) is 1. The van der Waals surface area contributed by atoms with E-state index in [1.54, 1.807) is 0 Å². The number of hydrogen-bond donors (Lipinski definition) is 0. The molecule has 0 spiro atoms. The molecular formula is C19H28BN. The lowest BCUT2D eigenvalue weighted by atomic mass is 9.86. The monoisotopic (exact) mass is 281 g/mol. The van der Waals surface area contributed by atoms with Gasteiger partial charge in [-0.3, -0.25) is 0 Å². The van der Waals surface area contributed by atoms with Gasteiger partial charge in [0.15, 0.2) is 0 Å². The molecule has 0 atom stereocenters. The molecule has 0 N–H and O–H groups in total. The van der Waals surface area contributed by atoms with E-state index in [1.807, 2.05) is 0 Å². The number of aryl methyl sites for hydroxylation is 1. The maximum absolute atomic E-state index is 5.68. The van der Waals surface area contributed by atoms with Crippen molar-refractivity contribution in [2.45, 2.75) is 46.4 Å². The lowest BCUT2D eigenvalue weighted by molar-refractivity contribution is 0.102. The summed E-state index contributed by atoms with van der Waals surface area (Å²) in [6.07, 6.45) is 4.09. The van der Waals surface area contributed by atoms with E-state index in [0.29, 0.717) is 0 Å². The molecule has 1 aliphatic rings. The van der Waals surface area contributed by atoms with E-state index >= 15 is 0 Å². The molecule has 1 nitrogen and oxygen atoms in total. The van der Waals surface area contributed by atoms with Crippen LogP contribution in [0.5, 0.6) is 0 Å². The standard InChI is InChI=1S/C19H28BN/c1-14(2)8-10-21-12-17(13-21)11-19-6-5-18(7-9-20)15(3)16(19)4/h5-6,17H,1,7-13H2,2-4H3. The average molecular weight is 281 g/mol. The third-order valence-electron chi connectivity index (χ3n) is 4.82. The van der Waals surface area contributed by atoms with E-state index in [0.717, 1.165) is 25.1 Å². The Morgan fingerprint density at radius 3 is 2.48 bits per heavy atom. The highest BCUT2D eigenvalue weighted by molar-refractivity contribution is 6.08. The molecule has 1 fully saturated rings. The molecule has 0 aliphatic carbocycles. The summed E-state index contributed by atoms with van der Waals surface area (Å²) in [5, 5.41) is 0. The summed E-state index contributed by atoms with van der Waals surface area (Å²) in [5.74, 6) is 0.827. The Kier molecular flexibility index (Phi) is 5.69. The zero-order chi connectivity index (χ0) is 15.4.